The van der Waals surface area contributed by atoms with Crippen molar-refractivity contribution in [2.45, 2.75) is 26.2 Å². The minimum Gasteiger partial charge on any atom is -0.494 e. The number of hydrogen-bond acceptors (Lipinski definition) is 2. The van der Waals surface area contributed by atoms with Crippen LogP contribution in [0.15, 0.2) is 24.3 Å². The fourth-order valence-electron chi connectivity index (χ4n) is 1.34. The molecule has 76 valence electrons. The van der Waals surface area contributed by atoms with Gasteiger partial charge in [-0.15, -0.1) is 0 Å². The van der Waals surface area contributed by atoms with Gasteiger partial charge in [-0.05, 0) is 26.8 Å². The highest BCUT2D eigenvalue weighted by molar-refractivity contribution is 5.69. The highest BCUT2D eigenvalue weighted by atomic mass is 16.5. The Balaban J connectivity index is 3.12. The number of rotatable bonds is 4. The van der Waals surface area contributed by atoms with Crippen molar-refractivity contribution in [3.63, 3.8) is 0 Å². The van der Waals surface area contributed by atoms with Crippen LogP contribution in [0, 0.1) is 0 Å². The zero-order valence-electron chi connectivity index (χ0n) is 8.91. The van der Waals surface area contributed by atoms with Crippen LogP contribution in [0.25, 0.3) is 0 Å². The molecule has 0 saturated carbocycles. The Hall–Kier alpha value is -1.31. The Labute approximate surface area is 84.9 Å². The number of ether oxygens (including phenoxy) is 1. The van der Waals surface area contributed by atoms with Gasteiger partial charge < -0.3 is 9.53 Å². The molecule has 0 aliphatic carbocycles. The lowest BCUT2D eigenvalue weighted by Gasteiger charge is -2.20. The molecule has 0 fully saturated rings. The molecule has 0 heterocycles. The van der Waals surface area contributed by atoms with Crippen LogP contribution in [-0.4, -0.2) is 12.9 Å². The Kier molecular flexibility index (Phi) is 3.28. The first-order chi connectivity index (χ1) is 6.61. The Bertz CT molecular complexity index is 316. The van der Waals surface area contributed by atoms with E-state index in [0.717, 1.165) is 17.6 Å². The number of hydrogen-bond donors (Lipinski definition) is 0. The Morgan fingerprint density at radius 3 is 2.57 bits per heavy atom. The maximum absolute atomic E-state index is 10.9. The molecule has 1 rings (SSSR count). The smallest absolute Gasteiger partial charge is 0.130 e. The summed E-state index contributed by atoms with van der Waals surface area (Å²) in [6.45, 7) is 6.33. The molecule has 2 nitrogen and oxygen atoms in total. The van der Waals surface area contributed by atoms with E-state index in [-0.39, 0.29) is 0 Å². The Morgan fingerprint density at radius 2 is 2.00 bits per heavy atom. The molecule has 14 heavy (non-hydrogen) atoms. The molecule has 1 aromatic rings. The number of carbonyl (C=O) groups excluding carboxylic acids is 1. The van der Waals surface area contributed by atoms with E-state index in [1.807, 2.05) is 45.0 Å². The number of aldehydes is 1. The average Bonchev–Trinajstić information content (AvgIpc) is 2.19. The summed E-state index contributed by atoms with van der Waals surface area (Å²) in [7, 11) is 0. The van der Waals surface area contributed by atoms with E-state index in [9.17, 15) is 4.79 Å². The first-order valence-electron chi connectivity index (χ1n) is 4.80. The molecular weight excluding hydrogens is 176 g/mol. The number of carbonyl (C=O) groups is 1. The zero-order chi connectivity index (χ0) is 10.6. The molecule has 0 aliphatic rings. The summed E-state index contributed by atoms with van der Waals surface area (Å²) in [5.74, 6) is 0.798. The van der Waals surface area contributed by atoms with E-state index < -0.39 is 5.41 Å². The van der Waals surface area contributed by atoms with E-state index in [1.165, 1.54) is 0 Å². The second-order valence-corrected chi connectivity index (χ2v) is 3.77. The standard InChI is InChI=1S/C12H16O2/c1-4-14-11-8-6-5-7-10(11)12(2,3)9-13/h5-9H,4H2,1-3H3. The summed E-state index contributed by atoms with van der Waals surface area (Å²) < 4.78 is 5.47. The lowest BCUT2D eigenvalue weighted by atomic mass is 9.86. The third-order valence-electron chi connectivity index (χ3n) is 2.18. The summed E-state index contributed by atoms with van der Waals surface area (Å²) in [4.78, 5) is 10.9. The molecule has 0 unspecified atom stereocenters. The molecule has 0 aliphatic heterocycles. The molecule has 2 heteroatoms. The molecule has 0 radical (unpaired) electrons. The zero-order valence-corrected chi connectivity index (χ0v) is 8.91. The predicted octanol–water partition coefficient (Wildman–Crippen LogP) is 2.56. The van der Waals surface area contributed by atoms with Gasteiger partial charge in [0.25, 0.3) is 0 Å². The number of para-hydroxylation sites is 1. The van der Waals surface area contributed by atoms with Crippen molar-refractivity contribution in [1.82, 2.24) is 0 Å². The van der Waals surface area contributed by atoms with Crippen molar-refractivity contribution < 1.29 is 9.53 Å². The summed E-state index contributed by atoms with van der Waals surface area (Å²) in [5.41, 5.74) is 0.461. The van der Waals surface area contributed by atoms with E-state index in [0.29, 0.717) is 6.61 Å². The SMILES string of the molecule is CCOc1ccccc1C(C)(C)C=O. The first kappa shape index (κ1) is 10.8. The molecule has 0 atom stereocenters. The van der Waals surface area contributed by atoms with Crippen molar-refractivity contribution >= 4 is 6.29 Å². The number of benzene rings is 1. The van der Waals surface area contributed by atoms with Crippen molar-refractivity contribution in [3.8, 4) is 5.75 Å². The predicted molar refractivity (Wildman–Crippen MR) is 56.7 cm³/mol. The third-order valence-corrected chi connectivity index (χ3v) is 2.18. The monoisotopic (exact) mass is 192 g/mol. The lowest BCUT2D eigenvalue weighted by Crippen LogP contribution is -2.19. The van der Waals surface area contributed by atoms with Crippen LogP contribution in [-0.2, 0) is 10.2 Å². The molecule has 0 amide bonds. The fourth-order valence-corrected chi connectivity index (χ4v) is 1.34. The second-order valence-electron chi connectivity index (χ2n) is 3.77. The van der Waals surface area contributed by atoms with E-state index in [1.54, 1.807) is 0 Å². The minimum atomic E-state index is -0.480. The van der Waals surface area contributed by atoms with E-state index in [4.69, 9.17) is 4.74 Å². The lowest BCUT2D eigenvalue weighted by molar-refractivity contribution is -0.111. The molecular formula is C12H16O2. The van der Waals surface area contributed by atoms with E-state index in [2.05, 4.69) is 0 Å². The molecule has 0 N–H and O–H groups in total. The van der Waals surface area contributed by atoms with Gasteiger partial charge in [0.15, 0.2) is 0 Å². The second kappa shape index (κ2) is 4.27. The normalized spacial score (nSPS) is 11.1. The van der Waals surface area contributed by atoms with Crippen LogP contribution in [0.5, 0.6) is 5.75 Å². The minimum absolute atomic E-state index is 0.480. The van der Waals surface area contributed by atoms with Gasteiger partial charge in [0.1, 0.15) is 12.0 Å². The maximum Gasteiger partial charge on any atom is 0.130 e. The maximum atomic E-state index is 10.9. The molecule has 0 spiro atoms. The van der Waals surface area contributed by atoms with Crippen LogP contribution >= 0.6 is 0 Å². The van der Waals surface area contributed by atoms with Gasteiger partial charge in [0.05, 0.1) is 6.61 Å². The van der Waals surface area contributed by atoms with Crippen molar-refractivity contribution in [1.29, 1.82) is 0 Å². The topological polar surface area (TPSA) is 26.3 Å². The Morgan fingerprint density at radius 1 is 1.36 bits per heavy atom. The van der Waals surface area contributed by atoms with Crippen LogP contribution in [0.1, 0.15) is 26.3 Å². The molecule has 0 aromatic heterocycles. The quantitative estimate of drug-likeness (QED) is 0.685. The van der Waals surface area contributed by atoms with Crippen molar-refractivity contribution in [2.75, 3.05) is 6.61 Å². The van der Waals surface area contributed by atoms with Crippen LogP contribution < -0.4 is 4.74 Å². The van der Waals surface area contributed by atoms with Gasteiger partial charge in [0, 0.05) is 11.0 Å². The fraction of sp³-hybridized carbons (Fsp3) is 0.417. The van der Waals surface area contributed by atoms with Crippen LogP contribution in [0.2, 0.25) is 0 Å². The summed E-state index contributed by atoms with van der Waals surface area (Å²) in [6, 6.07) is 7.65. The van der Waals surface area contributed by atoms with Gasteiger partial charge in [-0.2, -0.15) is 0 Å². The molecule has 1 aromatic carbocycles. The highest BCUT2D eigenvalue weighted by Gasteiger charge is 2.23. The van der Waals surface area contributed by atoms with Gasteiger partial charge in [-0.1, -0.05) is 18.2 Å². The van der Waals surface area contributed by atoms with Crippen LogP contribution in [0.4, 0.5) is 0 Å². The van der Waals surface area contributed by atoms with Gasteiger partial charge in [-0.25, -0.2) is 0 Å². The van der Waals surface area contributed by atoms with Gasteiger partial charge >= 0.3 is 0 Å². The first-order valence-corrected chi connectivity index (χ1v) is 4.80. The summed E-state index contributed by atoms with van der Waals surface area (Å²) in [6.07, 6.45) is 0.949. The van der Waals surface area contributed by atoms with Gasteiger partial charge in [-0.3, -0.25) is 0 Å². The molecule has 0 saturated heterocycles. The average molecular weight is 192 g/mol. The van der Waals surface area contributed by atoms with Gasteiger partial charge in [0.2, 0.25) is 0 Å². The van der Waals surface area contributed by atoms with Crippen LogP contribution in [0.3, 0.4) is 0 Å². The highest BCUT2D eigenvalue weighted by Crippen LogP contribution is 2.29. The third kappa shape index (κ3) is 2.13. The van der Waals surface area contributed by atoms with E-state index >= 15 is 0 Å². The van der Waals surface area contributed by atoms with Crippen molar-refractivity contribution in [2.24, 2.45) is 0 Å². The summed E-state index contributed by atoms with van der Waals surface area (Å²) in [5, 5.41) is 0. The van der Waals surface area contributed by atoms with Crippen molar-refractivity contribution in [3.05, 3.63) is 29.8 Å². The largest absolute Gasteiger partial charge is 0.494 e. The molecule has 0 bridgehead atoms. The summed E-state index contributed by atoms with van der Waals surface area (Å²) >= 11 is 0.